The third kappa shape index (κ3) is 3.48. The first kappa shape index (κ1) is 15.2. The maximum atomic E-state index is 13.4. The van der Waals surface area contributed by atoms with E-state index >= 15 is 0 Å². The van der Waals surface area contributed by atoms with E-state index in [1.807, 2.05) is 0 Å². The van der Waals surface area contributed by atoms with Gasteiger partial charge in [0.2, 0.25) is 0 Å². The number of nitrogens with zero attached hydrogens (tertiary/aromatic N) is 1. The number of ether oxygens (including phenoxy) is 2. The van der Waals surface area contributed by atoms with Crippen molar-refractivity contribution in [3.8, 4) is 5.75 Å². The third-order valence-electron chi connectivity index (χ3n) is 3.67. The van der Waals surface area contributed by atoms with Crippen molar-refractivity contribution in [2.75, 3.05) is 33.4 Å². The van der Waals surface area contributed by atoms with Crippen molar-refractivity contribution >= 4 is 0 Å². The number of halogens is 1. The summed E-state index contributed by atoms with van der Waals surface area (Å²) in [6, 6.07) is 4.03. The summed E-state index contributed by atoms with van der Waals surface area (Å²) in [5.41, 5.74) is 6.94. The highest BCUT2D eigenvalue weighted by molar-refractivity contribution is 5.37. The summed E-state index contributed by atoms with van der Waals surface area (Å²) in [6.07, 6.45) is 0.969. The van der Waals surface area contributed by atoms with Crippen LogP contribution in [0.2, 0.25) is 0 Å². The highest BCUT2D eigenvalue weighted by Crippen LogP contribution is 2.29. The van der Waals surface area contributed by atoms with Crippen LogP contribution in [0, 0.1) is 5.82 Å². The molecule has 112 valence electrons. The summed E-state index contributed by atoms with van der Waals surface area (Å²) < 4.78 is 24.5. The Hall–Kier alpha value is -1.17. The summed E-state index contributed by atoms with van der Waals surface area (Å²) >= 11 is 0. The van der Waals surface area contributed by atoms with E-state index in [0.717, 1.165) is 26.1 Å². The van der Waals surface area contributed by atoms with Gasteiger partial charge in [-0.1, -0.05) is 6.92 Å². The molecule has 5 heteroatoms. The van der Waals surface area contributed by atoms with Crippen LogP contribution in [0.4, 0.5) is 4.39 Å². The molecule has 0 radical (unpaired) electrons. The largest absolute Gasteiger partial charge is 0.496 e. The second-order valence-corrected chi connectivity index (χ2v) is 5.12. The third-order valence-corrected chi connectivity index (χ3v) is 3.67. The highest BCUT2D eigenvalue weighted by atomic mass is 19.1. The second-order valence-electron chi connectivity index (χ2n) is 5.12. The van der Waals surface area contributed by atoms with Crippen LogP contribution >= 0.6 is 0 Å². The van der Waals surface area contributed by atoms with Gasteiger partial charge in [-0.05, 0) is 31.2 Å². The molecule has 1 aliphatic rings. The van der Waals surface area contributed by atoms with Crippen molar-refractivity contribution < 1.29 is 13.9 Å². The molecule has 1 aliphatic heterocycles. The number of methoxy groups -OCH3 is 1. The molecular formula is C15H23FN2O2. The lowest BCUT2D eigenvalue weighted by molar-refractivity contribution is -0.0411. The molecule has 1 saturated heterocycles. The van der Waals surface area contributed by atoms with Crippen molar-refractivity contribution in [1.29, 1.82) is 0 Å². The van der Waals surface area contributed by atoms with Crippen LogP contribution in [0.25, 0.3) is 0 Å². The van der Waals surface area contributed by atoms with Gasteiger partial charge in [-0.2, -0.15) is 0 Å². The maximum Gasteiger partial charge on any atom is 0.123 e. The zero-order valence-corrected chi connectivity index (χ0v) is 12.1. The van der Waals surface area contributed by atoms with E-state index in [-0.39, 0.29) is 18.0 Å². The number of nitrogens with two attached hydrogens (primary N) is 1. The molecule has 1 heterocycles. The molecule has 2 atom stereocenters. The molecule has 1 aromatic rings. The Bertz CT molecular complexity index is 440. The Morgan fingerprint density at radius 3 is 3.05 bits per heavy atom. The minimum atomic E-state index is -0.389. The van der Waals surface area contributed by atoms with Crippen LogP contribution in [0.1, 0.15) is 24.9 Å². The van der Waals surface area contributed by atoms with Gasteiger partial charge in [0.1, 0.15) is 11.6 Å². The fourth-order valence-corrected chi connectivity index (χ4v) is 2.63. The molecule has 1 fully saturated rings. The van der Waals surface area contributed by atoms with Crippen LogP contribution in [-0.4, -0.2) is 44.4 Å². The smallest absolute Gasteiger partial charge is 0.123 e. The number of morpholine rings is 1. The van der Waals surface area contributed by atoms with Gasteiger partial charge in [0.15, 0.2) is 0 Å². The SMILES string of the molecule is CCCN1CCOC(C(N)c2cc(F)ccc2OC)C1. The lowest BCUT2D eigenvalue weighted by atomic mass is 9.99. The fourth-order valence-electron chi connectivity index (χ4n) is 2.63. The van der Waals surface area contributed by atoms with E-state index < -0.39 is 0 Å². The summed E-state index contributed by atoms with van der Waals surface area (Å²) in [6.45, 7) is 5.55. The van der Waals surface area contributed by atoms with Crippen LogP contribution in [0.5, 0.6) is 5.75 Å². The zero-order chi connectivity index (χ0) is 14.5. The molecule has 2 unspecified atom stereocenters. The Morgan fingerprint density at radius 2 is 2.35 bits per heavy atom. The van der Waals surface area contributed by atoms with Gasteiger partial charge in [0, 0.05) is 18.7 Å². The first-order valence-corrected chi connectivity index (χ1v) is 7.08. The van der Waals surface area contributed by atoms with E-state index in [1.54, 1.807) is 13.2 Å². The van der Waals surface area contributed by atoms with Crippen LogP contribution in [0.3, 0.4) is 0 Å². The number of hydrogen-bond acceptors (Lipinski definition) is 4. The minimum Gasteiger partial charge on any atom is -0.496 e. The molecule has 0 bridgehead atoms. The van der Waals surface area contributed by atoms with Gasteiger partial charge in [0.25, 0.3) is 0 Å². The van der Waals surface area contributed by atoms with Gasteiger partial charge < -0.3 is 15.2 Å². The average Bonchev–Trinajstić information content (AvgIpc) is 2.47. The second kappa shape index (κ2) is 7.02. The van der Waals surface area contributed by atoms with Gasteiger partial charge in [-0.3, -0.25) is 4.90 Å². The normalized spacial score (nSPS) is 21.7. The van der Waals surface area contributed by atoms with Gasteiger partial charge in [0.05, 0.1) is 25.9 Å². The van der Waals surface area contributed by atoms with E-state index in [2.05, 4.69) is 11.8 Å². The predicted octanol–water partition coefficient (Wildman–Crippen LogP) is 1.94. The molecule has 1 aromatic carbocycles. The molecule has 0 spiro atoms. The van der Waals surface area contributed by atoms with Gasteiger partial charge >= 0.3 is 0 Å². The lowest BCUT2D eigenvalue weighted by Gasteiger charge is -2.36. The standard InChI is InChI=1S/C15H23FN2O2/c1-3-6-18-7-8-20-14(10-18)15(17)12-9-11(16)4-5-13(12)19-2/h4-5,9,14-15H,3,6-8,10,17H2,1-2H3. The summed E-state index contributed by atoms with van der Waals surface area (Å²) in [4.78, 5) is 2.33. The van der Waals surface area contributed by atoms with Crippen molar-refractivity contribution in [1.82, 2.24) is 4.90 Å². The monoisotopic (exact) mass is 282 g/mol. The van der Waals surface area contributed by atoms with Crippen LogP contribution < -0.4 is 10.5 Å². The van der Waals surface area contributed by atoms with E-state index in [4.69, 9.17) is 15.2 Å². The van der Waals surface area contributed by atoms with Crippen molar-refractivity contribution in [2.45, 2.75) is 25.5 Å². The Balaban J connectivity index is 2.13. The first-order chi connectivity index (χ1) is 9.65. The van der Waals surface area contributed by atoms with Crippen molar-refractivity contribution in [2.24, 2.45) is 5.73 Å². The minimum absolute atomic E-state index is 0.133. The average molecular weight is 282 g/mol. The zero-order valence-electron chi connectivity index (χ0n) is 12.1. The molecule has 0 saturated carbocycles. The molecule has 0 amide bonds. The van der Waals surface area contributed by atoms with Crippen LogP contribution in [-0.2, 0) is 4.74 Å². The quantitative estimate of drug-likeness (QED) is 0.896. The summed E-state index contributed by atoms with van der Waals surface area (Å²) in [7, 11) is 1.56. The molecule has 2 rings (SSSR count). The van der Waals surface area contributed by atoms with Gasteiger partial charge in [-0.25, -0.2) is 4.39 Å². The Morgan fingerprint density at radius 1 is 1.55 bits per heavy atom. The highest BCUT2D eigenvalue weighted by Gasteiger charge is 2.28. The van der Waals surface area contributed by atoms with Crippen molar-refractivity contribution in [3.63, 3.8) is 0 Å². The first-order valence-electron chi connectivity index (χ1n) is 7.08. The molecule has 2 N–H and O–H groups in total. The summed E-state index contributed by atoms with van der Waals surface area (Å²) in [5, 5.41) is 0. The van der Waals surface area contributed by atoms with E-state index in [9.17, 15) is 4.39 Å². The van der Waals surface area contributed by atoms with E-state index in [0.29, 0.717) is 17.9 Å². The van der Waals surface area contributed by atoms with E-state index in [1.165, 1.54) is 12.1 Å². The predicted molar refractivity (Wildman–Crippen MR) is 76.4 cm³/mol. The number of rotatable bonds is 5. The molecule has 0 aromatic heterocycles. The van der Waals surface area contributed by atoms with Crippen molar-refractivity contribution in [3.05, 3.63) is 29.6 Å². The topological polar surface area (TPSA) is 47.7 Å². The number of hydrogen-bond donors (Lipinski definition) is 1. The number of benzene rings is 1. The molecule has 4 nitrogen and oxygen atoms in total. The molecular weight excluding hydrogens is 259 g/mol. The fraction of sp³-hybridized carbons (Fsp3) is 0.600. The maximum absolute atomic E-state index is 13.4. The Kier molecular flexibility index (Phi) is 5.34. The molecule has 20 heavy (non-hydrogen) atoms. The molecule has 0 aliphatic carbocycles. The van der Waals surface area contributed by atoms with Crippen LogP contribution in [0.15, 0.2) is 18.2 Å². The van der Waals surface area contributed by atoms with Gasteiger partial charge in [-0.15, -0.1) is 0 Å². The Labute approximate surface area is 119 Å². The lowest BCUT2D eigenvalue weighted by Crippen LogP contribution is -2.47. The summed E-state index contributed by atoms with van der Waals surface area (Å²) in [5.74, 6) is 0.299.